The lowest BCUT2D eigenvalue weighted by molar-refractivity contribution is -0.0556. The average Bonchev–Trinajstić information content (AvgIpc) is 2.57. The molecule has 23 heavy (non-hydrogen) atoms. The normalized spacial score (nSPS) is 10.8. The van der Waals surface area contributed by atoms with Crippen molar-refractivity contribution in [3.05, 3.63) is 0 Å². The molecular formula is C21H40O2. The minimum absolute atomic E-state index is 0.471. The lowest BCUT2D eigenvalue weighted by atomic mass is 10.1. The van der Waals surface area contributed by atoms with Crippen LogP contribution in [0.4, 0.5) is 0 Å². The maximum absolute atomic E-state index is 5.51. The third-order valence-corrected chi connectivity index (χ3v) is 4.17. The standard InChI is InChI=1S/C21H40O2/c1-3-5-7-9-11-13-15-17-19-22-21-23-20-18-16-14-12-10-8-6-4-2/h1H,4-21H2,2H3. The molecule has 0 bridgehead atoms. The van der Waals surface area contributed by atoms with Crippen LogP contribution in [-0.4, -0.2) is 20.0 Å². The van der Waals surface area contributed by atoms with E-state index in [0.717, 1.165) is 26.1 Å². The van der Waals surface area contributed by atoms with Crippen molar-refractivity contribution < 1.29 is 9.47 Å². The van der Waals surface area contributed by atoms with Crippen LogP contribution in [0, 0.1) is 12.3 Å². The summed E-state index contributed by atoms with van der Waals surface area (Å²) < 4.78 is 11.0. The molecule has 0 amide bonds. The average molecular weight is 325 g/mol. The zero-order valence-corrected chi connectivity index (χ0v) is 15.6. The molecule has 0 saturated heterocycles. The maximum Gasteiger partial charge on any atom is 0.146 e. The van der Waals surface area contributed by atoms with Crippen molar-refractivity contribution in [1.82, 2.24) is 0 Å². The number of ether oxygens (including phenoxy) is 2. The molecule has 0 fully saturated rings. The molecule has 0 aliphatic carbocycles. The van der Waals surface area contributed by atoms with Gasteiger partial charge < -0.3 is 9.47 Å². The quantitative estimate of drug-likeness (QED) is 0.154. The summed E-state index contributed by atoms with van der Waals surface area (Å²) in [6.07, 6.45) is 24.4. The van der Waals surface area contributed by atoms with Crippen molar-refractivity contribution in [3.8, 4) is 12.3 Å². The molecule has 0 atom stereocenters. The Morgan fingerprint density at radius 1 is 0.609 bits per heavy atom. The smallest absolute Gasteiger partial charge is 0.146 e. The van der Waals surface area contributed by atoms with Gasteiger partial charge in [-0.25, -0.2) is 0 Å². The summed E-state index contributed by atoms with van der Waals surface area (Å²) in [7, 11) is 0. The van der Waals surface area contributed by atoms with Crippen LogP contribution in [0.5, 0.6) is 0 Å². The van der Waals surface area contributed by atoms with Gasteiger partial charge in [-0.1, -0.05) is 77.6 Å². The number of terminal acetylenes is 1. The summed E-state index contributed by atoms with van der Waals surface area (Å²) in [6, 6.07) is 0. The summed E-state index contributed by atoms with van der Waals surface area (Å²) >= 11 is 0. The molecule has 0 aromatic heterocycles. The van der Waals surface area contributed by atoms with Crippen LogP contribution in [0.15, 0.2) is 0 Å². The van der Waals surface area contributed by atoms with Crippen LogP contribution in [0.3, 0.4) is 0 Å². The molecule has 0 spiro atoms. The zero-order valence-electron chi connectivity index (χ0n) is 15.6. The lowest BCUT2D eigenvalue weighted by Crippen LogP contribution is -2.03. The first kappa shape index (κ1) is 22.5. The molecule has 2 heteroatoms. The van der Waals surface area contributed by atoms with E-state index in [9.17, 15) is 0 Å². The molecule has 0 saturated carbocycles. The van der Waals surface area contributed by atoms with Crippen molar-refractivity contribution in [2.24, 2.45) is 0 Å². The van der Waals surface area contributed by atoms with Gasteiger partial charge >= 0.3 is 0 Å². The molecule has 0 aromatic carbocycles. The Hall–Kier alpha value is -0.520. The zero-order chi connectivity index (χ0) is 16.8. The predicted octanol–water partition coefficient (Wildman–Crippen LogP) is 6.48. The van der Waals surface area contributed by atoms with E-state index >= 15 is 0 Å². The topological polar surface area (TPSA) is 18.5 Å². The fraction of sp³-hybridized carbons (Fsp3) is 0.905. The number of hydrogen-bond donors (Lipinski definition) is 0. The van der Waals surface area contributed by atoms with E-state index in [0.29, 0.717) is 6.79 Å². The second kappa shape index (κ2) is 21.5. The van der Waals surface area contributed by atoms with Crippen molar-refractivity contribution >= 4 is 0 Å². The van der Waals surface area contributed by atoms with Gasteiger partial charge in [0.1, 0.15) is 6.79 Å². The molecule has 0 aromatic rings. The highest BCUT2D eigenvalue weighted by Gasteiger charge is 1.94. The van der Waals surface area contributed by atoms with Gasteiger partial charge in [-0.05, 0) is 19.3 Å². The van der Waals surface area contributed by atoms with Gasteiger partial charge in [0.25, 0.3) is 0 Å². The van der Waals surface area contributed by atoms with E-state index in [1.54, 1.807) is 0 Å². The Labute approximate surface area is 145 Å². The fourth-order valence-corrected chi connectivity index (χ4v) is 2.65. The fourth-order valence-electron chi connectivity index (χ4n) is 2.65. The first-order valence-corrected chi connectivity index (χ1v) is 10.0. The minimum atomic E-state index is 0.471. The highest BCUT2D eigenvalue weighted by atomic mass is 16.7. The van der Waals surface area contributed by atoms with Gasteiger partial charge in [0.15, 0.2) is 0 Å². The van der Waals surface area contributed by atoms with Crippen LogP contribution in [0.2, 0.25) is 0 Å². The second-order valence-corrected chi connectivity index (χ2v) is 6.48. The molecule has 136 valence electrons. The summed E-state index contributed by atoms with van der Waals surface area (Å²) in [5.41, 5.74) is 0. The molecule has 0 rings (SSSR count). The van der Waals surface area contributed by atoms with E-state index in [1.807, 2.05) is 0 Å². The van der Waals surface area contributed by atoms with Crippen molar-refractivity contribution in [1.29, 1.82) is 0 Å². The Morgan fingerprint density at radius 3 is 1.52 bits per heavy atom. The van der Waals surface area contributed by atoms with Crippen molar-refractivity contribution in [2.45, 2.75) is 103 Å². The van der Waals surface area contributed by atoms with Crippen molar-refractivity contribution in [2.75, 3.05) is 20.0 Å². The highest BCUT2D eigenvalue weighted by Crippen LogP contribution is 2.09. The van der Waals surface area contributed by atoms with Crippen LogP contribution in [-0.2, 0) is 9.47 Å². The molecule has 0 N–H and O–H groups in total. The van der Waals surface area contributed by atoms with E-state index in [1.165, 1.54) is 83.5 Å². The molecule has 0 radical (unpaired) electrons. The van der Waals surface area contributed by atoms with E-state index in [4.69, 9.17) is 15.9 Å². The Kier molecular flexibility index (Phi) is 21.0. The van der Waals surface area contributed by atoms with Gasteiger partial charge in [0.2, 0.25) is 0 Å². The van der Waals surface area contributed by atoms with Crippen LogP contribution >= 0.6 is 0 Å². The van der Waals surface area contributed by atoms with Gasteiger partial charge in [0.05, 0.1) is 0 Å². The summed E-state index contributed by atoms with van der Waals surface area (Å²) in [4.78, 5) is 0. The SMILES string of the molecule is C#CCCCCCCCCOCOCCCCCCCCCC. The summed E-state index contributed by atoms with van der Waals surface area (Å²) in [5, 5.41) is 0. The lowest BCUT2D eigenvalue weighted by Gasteiger charge is -2.06. The number of hydrogen-bond acceptors (Lipinski definition) is 2. The Morgan fingerprint density at radius 2 is 1.04 bits per heavy atom. The van der Waals surface area contributed by atoms with Gasteiger partial charge in [-0.2, -0.15) is 0 Å². The predicted molar refractivity (Wildman–Crippen MR) is 101 cm³/mol. The Bertz CT molecular complexity index is 245. The molecule has 0 unspecified atom stereocenters. The molecule has 2 nitrogen and oxygen atoms in total. The highest BCUT2D eigenvalue weighted by molar-refractivity contribution is 4.82. The number of rotatable bonds is 19. The van der Waals surface area contributed by atoms with Gasteiger partial charge in [0, 0.05) is 19.6 Å². The largest absolute Gasteiger partial charge is 0.355 e. The van der Waals surface area contributed by atoms with Gasteiger partial charge in [-0.15, -0.1) is 12.3 Å². The Balaban J connectivity index is 2.94. The second-order valence-electron chi connectivity index (χ2n) is 6.48. The minimum Gasteiger partial charge on any atom is -0.355 e. The molecule has 0 aliphatic heterocycles. The van der Waals surface area contributed by atoms with Crippen molar-refractivity contribution in [3.63, 3.8) is 0 Å². The maximum atomic E-state index is 5.51. The van der Waals surface area contributed by atoms with E-state index < -0.39 is 0 Å². The monoisotopic (exact) mass is 324 g/mol. The summed E-state index contributed by atoms with van der Waals surface area (Å²) in [6.45, 7) is 4.42. The number of unbranched alkanes of at least 4 members (excludes halogenated alkanes) is 13. The van der Waals surface area contributed by atoms with E-state index in [2.05, 4.69) is 12.8 Å². The first-order chi connectivity index (χ1) is 11.4. The third kappa shape index (κ3) is 21.5. The van der Waals surface area contributed by atoms with Crippen LogP contribution < -0.4 is 0 Å². The van der Waals surface area contributed by atoms with Gasteiger partial charge in [-0.3, -0.25) is 0 Å². The third-order valence-electron chi connectivity index (χ3n) is 4.17. The van der Waals surface area contributed by atoms with Crippen LogP contribution in [0.1, 0.15) is 103 Å². The van der Waals surface area contributed by atoms with E-state index in [-0.39, 0.29) is 0 Å². The molecular weight excluding hydrogens is 284 g/mol. The van der Waals surface area contributed by atoms with Crippen LogP contribution in [0.25, 0.3) is 0 Å². The first-order valence-electron chi connectivity index (χ1n) is 10.0. The molecule has 0 heterocycles. The summed E-state index contributed by atoms with van der Waals surface area (Å²) in [5.74, 6) is 2.69. The molecule has 0 aliphatic rings.